The molecule has 0 amide bonds. The maximum Gasteiger partial charge on any atom is 0.331 e. The lowest BCUT2D eigenvalue weighted by Crippen LogP contribution is -2.12. The highest BCUT2D eigenvalue weighted by Gasteiger charge is 2.09. The van der Waals surface area contributed by atoms with E-state index in [1.165, 1.54) is 37.5 Å². The van der Waals surface area contributed by atoms with Crippen molar-refractivity contribution in [2.75, 3.05) is 13.7 Å². The van der Waals surface area contributed by atoms with Gasteiger partial charge in [-0.05, 0) is 36.4 Å². The summed E-state index contributed by atoms with van der Waals surface area (Å²) in [5, 5.41) is 0. The van der Waals surface area contributed by atoms with Crippen LogP contribution in [0.15, 0.2) is 53.0 Å². The van der Waals surface area contributed by atoms with Crippen LogP contribution in [0.2, 0.25) is 0 Å². The van der Waals surface area contributed by atoms with Crippen LogP contribution in [-0.2, 0) is 9.53 Å². The number of benzene rings is 2. The van der Waals surface area contributed by atoms with E-state index in [2.05, 4.69) is 15.9 Å². The molecule has 0 saturated heterocycles. The molecule has 4 nitrogen and oxygen atoms in total. The standard InChI is InChI=1S/C18H14BrFO4/c1-23-17-7-6-14(19)9-13(17)5-8-18(22)24-11-16(21)12-3-2-4-15(20)10-12/h2-10H,11H2,1H3/b8-5+. The van der Waals surface area contributed by atoms with Crippen LogP contribution in [0.25, 0.3) is 6.08 Å². The van der Waals surface area contributed by atoms with Gasteiger partial charge in [0, 0.05) is 21.7 Å². The Hall–Kier alpha value is -2.47. The van der Waals surface area contributed by atoms with Gasteiger partial charge in [0.25, 0.3) is 0 Å². The average Bonchev–Trinajstić information content (AvgIpc) is 2.58. The fraction of sp³-hybridized carbons (Fsp3) is 0.111. The second-order valence-corrected chi connectivity index (χ2v) is 5.68. The van der Waals surface area contributed by atoms with E-state index in [0.717, 1.165) is 10.5 Å². The third kappa shape index (κ3) is 5.03. The molecule has 0 radical (unpaired) electrons. The van der Waals surface area contributed by atoms with E-state index in [1.807, 2.05) is 6.07 Å². The Bertz CT molecular complexity index is 786. The van der Waals surface area contributed by atoms with Crippen molar-refractivity contribution < 1.29 is 23.5 Å². The van der Waals surface area contributed by atoms with Gasteiger partial charge in [-0.15, -0.1) is 0 Å². The molecular weight excluding hydrogens is 379 g/mol. The summed E-state index contributed by atoms with van der Waals surface area (Å²) in [6, 6.07) is 10.6. The predicted molar refractivity (Wildman–Crippen MR) is 91.4 cm³/mol. The van der Waals surface area contributed by atoms with Crippen molar-refractivity contribution in [2.24, 2.45) is 0 Å². The smallest absolute Gasteiger partial charge is 0.331 e. The molecule has 2 rings (SSSR count). The average molecular weight is 393 g/mol. The van der Waals surface area contributed by atoms with E-state index in [4.69, 9.17) is 9.47 Å². The van der Waals surface area contributed by atoms with E-state index in [1.54, 1.807) is 12.1 Å². The summed E-state index contributed by atoms with van der Waals surface area (Å²) in [5.74, 6) is -1.08. The molecule has 0 fully saturated rings. The van der Waals surface area contributed by atoms with Gasteiger partial charge in [-0.3, -0.25) is 4.79 Å². The predicted octanol–water partition coefficient (Wildman–Crippen LogP) is 4.04. The van der Waals surface area contributed by atoms with Crippen LogP contribution in [0.4, 0.5) is 4.39 Å². The van der Waals surface area contributed by atoms with Crippen molar-refractivity contribution in [3.8, 4) is 5.75 Å². The van der Waals surface area contributed by atoms with Crippen LogP contribution >= 0.6 is 15.9 Å². The summed E-state index contributed by atoms with van der Waals surface area (Å²) in [6.45, 7) is -0.456. The van der Waals surface area contributed by atoms with E-state index < -0.39 is 24.2 Å². The number of ketones is 1. The molecule has 0 N–H and O–H groups in total. The van der Waals surface area contributed by atoms with Crippen molar-refractivity contribution in [1.29, 1.82) is 0 Å². The van der Waals surface area contributed by atoms with Crippen LogP contribution in [0.3, 0.4) is 0 Å². The van der Waals surface area contributed by atoms with Crippen LogP contribution in [0.5, 0.6) is 5.75 Å². The first-order valence-electron chi connectivity index (χ1n) is 6.97. The van der Waals surface area contributed by atoms with Gasteiger partial charge in [0.15, 0.2) is 12.4 Å². The molecule has 0 aliphatic heterocycles. The van der Waals surface area contributed by atoms with Crippen LogP contribution in [0, 0.1) is 5.82 Å². The fourth-order valence-electron chi connectivity index (χ4n) is 1.92. The first kappa shape index (κ1) is 17.9. The molecule has 0 spiro atoms. The number of Topliss-reactive ketones (excluding diaryl/α,β-unsaturated/α-hetero) is 1. The lowest BCUT2D eigenvalue weighted by Gasteiger charge is -2.05. The van der Waals surface area contributed by atoms with Crippen molar-refractivity contribution in [3.63, 3.8) is 0 Å². The Labute approximate surface area is 147 Å². The molecule has 2 aromatic carbocycles. The van der Waals surface area contributed by atoms with Crippen molar-refractivity contribution in [2.45, 2.75) is 0 Å². The minimum absolute atomic E-state index is 0.153. The van der Waals surface area contributed by atoms with Crippen LogP contribution in [-0.4, -0.2) is 25.5 Å². The molecule has 124 valence electrons. The molecule has 0 heterocycles. The number of ether oxygens (including phenoxy) is 2. The van der Waals surface area contributed by atoms with Gasteiger partial charge in [0.2, 0.25) is 0 Å². The van der Waals surface area contributed by atoms with E-state index in [-0.39, 0.29) is 5.56 Å². The van der Waals surface area contributed by atoms with E-state index in [9.17, 15) is 14.0 Å². The number of hydrogen-bond donors (Lipinski definition) is 0. The van der Waals surface area contributed by atoms with Gasteiger partial charge in [0.1, 0.15) is 11.6 Å². The SMILES string of the molecule is COc1ccc(Br)cc1/C=C/C(=O)OCC(=O)c1cccc(F)c1. The zero-order valence-corrected chi connectivity index (χ0v) is 14.4. The molecule has 6 heteroatoms. The quantitative estimate of drug-likeness (QED) is 0.423. The highest BCUT2D eigenvalue weighted by molar-refractivity contribution is 9.10. The Kier molecular flexibility index (Phi) is 6.26. The normalized spacial score (nSPS) is 10.6. The van der Waals surface area contributed by atoms with Gasteiger partial charge in [0.05, 0.1) is 7.11 Å². The number of carbonyl (C=O) groups excluding carboxylic acids is 2. The lowest BCUT2D eigenvalue weighted by molar-refractivity contribution is -0.136. The van der Waals surface area contributed by atoms with Crippen molar-refractivity contribution in [3.05, 3.63) is 70.0 Å². The molecule has 0 aliphatic carbocycles. The topological polar surface area (TPSA) is 52.6 Å². The molecule has 0 aromatic heterocycles. The van der Waals surface area contributed by atoms with Gasteiger partial charge in [-0.1, -0.05) is 28.1 Å². The second-order valence-electron chi connectivity index (χ2n) is 4.76. The number of carbonyl (C=O) groups is 2. The Morgan fingerprint density at radius 1 is 1.21 bits per heavy atom. The second kappa shape index (κ2) is 8.40. The molecule has 0 bridgehead atoms. The highest BCUT2D eigenvalue weighted by Crippen LogP contribution is 2.24. The maximum atomic E-state index is 13.1. The summed E-state index contributed by atoms with van der Waals surface area (Å²) < 4.78 is 23.9. The van der Waals surface area contributed by atoms with E-state index in [0.29, 0.717) is 11.3 Å². The van der Waals surface area contributed by atoms with Gasteiger partial charge >= 0.3 is 5.97 Å². The number of hydrogen-bond acceptors (Lipinski definition) is 4. The summed E-state index contributed by atoms with van der Waals surface area (Å²) in [5.41, 5.74) is 0.834. The summed E-state index contributed by atoms with van der Waals surface area (Å²) in [7, 11) is 1.52. The summed E-state index contributed by atoms with van der Waals surface area (Å²) in [4.78, 5) is 23.5. The third-order valence-electron chi connectivity index (χ3n) is 3.08. The molecule has 2 aromatic rings. The van der Waals surface area contributed by atoms with Crippen LogP contribution in [0.1, 0.15) is 15.9 Å². The van der Waals surface area contributed by atoms with E-state index >= 15 is 0 Å². The fourth-order valence-corrected chi connectivity index (χ4v) is 2.30. The zero-order chi connectivity index (χ0) is 17.5. The summed E-state index contributed by atoms with van der Waals surface area (Å²) >= 11 is 3.33. The first-order valence-corrected chi connectivity index (χ1v) is 7.76. The largest absolute Gasteiger partial charge is 0.496 e. The number of halogens is 2. The molecule has 0 saturated carbocycles. The van der Waals surface area contributed by atoms with Crippen LogP contribution < -0.4 is 4.74 Å². The Balaban J connectivity index is 1.96. The van der Waals surface area contributed by atoms with Crippen molar-refractivity contribution in [1.82, 2.24) is 0 Å². The molecule has 0 atom stereocenters. The lowest BCUT2D eigenvalue weighted by atomic mass is 10.1. The molecular formula is C18H14BrFO4. The maximum absolute atomic E-state index is 13.1. The highest BCUT2D eigenvalue weighted by atomic mass is 79.9. The Morgan fingerprint density at radius 3 is 2.71 bits per heavy atom. The molecule has 0 aliphatic rings. The minimum atomic E-state index is -0.679. The van der Waals surface area contributed by atoms with Gasteiger partial charge < -0.3 is 9.47 Å². The van der Waals surface area contributed by atoms with Gasteiger partial charge in [-0.2, -0.15) is 0 Å². The third-order valence-corrected chi connectivity index (χ3v) is 3.58. The summed E-state index contributed by atoms with van der Waals surface area (Å²) in [6.07, 6.45) is 2.72. The molecule has 0 unspecified atom stereocenters. The zero-order valence-electron chi connectivity index (χ0n) is 12.8. The monoisotopic (exact) mass is 392 g/mol. The van der Waals surface area contributed by atoms with Gasteiger partial charge in [-0.25, -0.2) is 9.18 Å². The number of esters is 1. The number of methoxy groups -OCH3 is 1. The minimum Gasteiger partial charge on any atom is -0.496 e. The number of rotatable bonds is 6. The molecule has 24 heavy (non-hydrogen) atoms. The first-order chi connectivity index (χ1) is 11.5. The van der Waals surface area contributed by atoms with Crippen molar-refractivity contribution >= 4 is 33.8 Å². The Morgan fingerprint density at radius 2 is 2.00 bits per heavy atom.